The number of hydrogen-bond acceptors (Lipinski definition) is 7. The highest BCUT2D eigenvalue weighted by Crippen LogP contribution is 2.25. The Morgan fingerprint density at radius 2 is 1.77 bits per heavy atom. The number of hydrogen-bond donors (Lipinski definition) is 1. The molecule has 0 saturated heterocycles. The van der Waals surface area contributed by atoms with Gasteiger partial charge in [-0.2, -0.15) is 0 Å². The first kappa shape index (κ1) is 24.8. The maximum atomic E-state index is 12.3. The van der Waals surface area contributed by atoms with Crippen LogP contribution in [0.4, 0.5) is 4.79 Å². The van der Waals surface area contributed by atoms with E-state index in [2.05, 4.69) is 5.32 Å². The van der Waals surface area contributed by atoms with E-state index in [0.717, 1.165) is 31.2 Å². The summed E-state index contributed by atoms with van der Waals surface area (Å²) in [5.41, 5.74) is 0.960. The molecule has 0 atom stereocenters. The molecule has 2 rings (SSSR count). The van der Waals surface area contributed by atoms with E-state index in [0.29, 0.717) is 13.2 Å². The van der Waals surface area contributed by atoms with Gasteiger partial charge in [-0.15, -0.1) is 0 Å². The van der Waals surface area contributed by atoms with Crippen molar-refractivity contribution >= 4 is 17.8 Å². The molecule has 8 heteroatoms. The first-order chi connectivity index (χ1) is 15.0. The van der Waals surface area contributed by atoms with Gasteiger partial charge in [0.05, 0.1) is 25.7 Å². The van der Waals surface area contributed by atoms with E-state index in [-0.39, 0.29) is 56.2 Å². The molecule has 1 aliphatic rings. The Balaban J connectivity index is 1.57. The molecule has 1 N–H and O–H groups in total. The van der Waals surface area contributed by atoms with Crippen molar-refractivity contribution in [1.82, 2.24) is 10.2 Å². The first-order valence-corrected chi connectivity index (χ1v) is 10.9. The number of esters is 1. The van der Waals surface area contributed by atoms with E-state index < -0.39 is 0 Å². The van der Waals surface area contributed by atoms with Gasteiger partial charge < -0.3 is 24.4 Å². The Hall–Kier alpha value is -2.45. The molecule has 0 aliphatic heterocycles. The third-order valence-electron chi connectivity index (χ3n) is 5.30. The van der Waals surface area contributed by atoms with Crippen LogP contribution in [0.5, 0.6) is 0 Å². The maximum Gasteiger partial charge on any atom is 0.410 e. The van der Waals surface area contributed by atoms with Gasteiger partial charge in [0.25, 0.3) is 0 Å². The van der Waals surface area contributed by atoms with Gasteiger partial charge >= 0.3 is 12.1 Å². The minimum absolute atomic E-state index is 0.0217. The number of rotatable bonds is 12. The Morgan fingerprint density at radius 1 is 1.06 bits per heavy atom. The van der Waals surface area contributed by atoms with Crippen LogP contribution in [0.25, 0.3) is 0 Å². The molecule has 31 heavy (non-hydrogen) atoms. The second kappa shape index (κ2) is 13.8. The number of ketones is 1. The van der Waals surface area contributed by atoms with Crippen molar-refractivity contribution in [1.29, 1.82) is 0 Å². The molecule has 0 bridgehead atoms. The van der Waals surface area contributed by atoms with Crippen LogP contribution in [0.2, 0.25) is 0 Å². The SMILES string of the molecule is CCOC(=O)CCNCC(=O)COC1CCC(N(C)C(=O)OCc2ccccc2)CC1. The largest absolute Gasteiger partial charge is 0.466 e. The van der Waals surface area contributed by atoms with Crippen molar-refractivity contribution in [2.75, 3.05) is 33.4 Å². The number of carbonyl (C=O) groups is 3. The van der Waals surface area contributed by atoms with Crippen molar-refractivity contribution in [3.8, 4) is 0 Å². The van der Waals surface area contributed by atoms with Gasteiger partial charge in [-0.05, 0) is 38.2 Å². The van der Waals surface area contributed by atoms with Crippen molar-refractivity contribution in [3.05, 3.63) is 35.9 Å². The van der Waals surface area contributed by atoms with Gasteiger partial charge in [0.15, 0.2) is 5.78 Å². The van der Waals surface area contributed by atoms with Crippen molar-refractivity contribution in [2.24, 2.45) is 0 Å². The lowest BCUT2D eigenvalue weighted by atomic mass is 9.92. The third-order valence-corrected chi connectivity index (χ3v) is 5.30. The van der Waals surface area contributed by atoms with Crippen LogP contribution < -0.4 is 5.32 Å². The highest BCUT2D eigenvalue weighted by Gasteiger charge is 2.28. The fourth-order valence-electron chi connectivity index (χ4n) is 3.48. The van der Waals surface area contributed by atoms with Gasteiger partial charge in [0.2, 0.25) is 0 Å². The average Bonchev–Trinajstić information content (AvgIpc) is 2.79. The highest BCUT2D eigenvalue weighted by atomic mass is 16.6. The van der Waals surface area contributed by atoms with E-state index in [9.17, 15) is 14.4 Å². The normalized spacial score (nSPS) is 18.3. The van der Waals surface area contributed by atoms with Crippen LogP contribution in [0.15, 0.2) is 30.3 Å². The molecule has 0 unspecified atom stereocenters. The molecule has 1 amide bonds. The summed E-state index contributed by atoms with van der Waals surface area (Å²) in [5, 5.41) is 2.93. The number of carbonyl (C=O) groups excluding carboxylic acids is 3. The highest BCUT2D eigenvalue weighted by molar-refractivity contribution is 5.81. The van der Waals surface area contributed by atoms with Gasteiger partial charge in [-0.3, -0.25) is 9.59 Å². The zero-order chi connectivity index (χ0) is 22.5. The lowest BCUT2D eigenvalue weighted by Gasteiger charge is -2.34. The quantitative estimate of drug-likeness (QED) is 0.399. The number of nitrogens with one attached hydrogen (secondary N) is 1. The van der Waals surface area contributed by atoms with Gasteiger partial charge in [-0.25, -0.2) is 4.79 Å². The van der Waals surface area contributed by atoms with Crippen LogP contribution in [-0.4, -0.2) is 68.2 Å². The van der Waals surface area contributed by atoms with Crippen LogP contribution in [0.3, 0.4) is 0 Å². The Labute approximate surface area is 184 Å². The van der Waals surface area contributed by atoms with Gasteiger partial charge in [-0.1, -0.05) is 30.3 Å². The summed E-state index contributed by atoms with van der Waals surface area (Å²) in [6, 6.07) is 9.72. The van der Waals surface area contributed by atoms with Crippen molar-refractivity contribution in [3.63, 3.8) is 0 Å². The molecule has 0 radical (unpaired) electrons. The third kappa shape index (κ3) is 9.48. The standard InChI is InChI=1S/C23H34N2O6/c1-3-29-22(27)13-14-24-15-20(26)17-30-21-11-9-19(10-12-21)25(2)23(28)31-16-18-7-5-4-6-8-18/h4-8,19,21,24H,3,9-17H2,1-2H3. The van der Waals surface area contributed by atoms with E-state index in [4.69, 9.17) is 14.2 Å². The molecule has 1 aromatic carbocycles. The number of amides is 1. The fraction of sp³-hybridized carbons (Fsp3) is 0.609. The molecule has 0 aromatic heterocycles. The van der Waals surface area contributed by atoms with E-state index in [1.165, 1.54) is 0 Å². The zero-order valence-electron chi connectivity index (χ0n) is 18.5. The van der Waals surface area contributed by atoms with Gasteiger partial charge in [0.1, 0.15) is 13.2 Å². The summed E-state index contributed by atoms with van der Waals surface area (Å²) >= 11 is 0. The second-order valence-corrected chi connectivity index (χ2v) is 7.66. The molecular weight excluding hydrogens is 400 g/mol. The van der Waals surface area contributed by atoms with Crippen LogP contribution in [0.1, 0.15) is 44.6 Å². The molecule has 0 spiro atoms. The summed E-state index contributed by atoms with van der Waals surface area (Å²) in [6.07, 6.45) is 3.16. The van der Waals surface area contributed by atoms with E-state index in [1.54, 1.807) is 18.9 Å². The molecule has 172 valence electrons. The average molecular weight is 435 g/mol. The Morgan fingerprint density at radius 3 is 2.45 bits per heavy atom. The zero-order valence-corrected chi connectivity index (χ0v) is 18.5. The summed E-state index contributed by atoms with van der Waals surface area (Å²) < 4.78 is 16.0. The summed E-state index contributed by atoms with van der Waals surface area (Å²) in [7, 11) is 1.77. The molecule has 1 aliphatic carbocycles. The fourth-order valence-corrected chi connectivity index (χ4v) is 3.48. The predicted octanol–water partition coefficient (Wildman–Crippen LogP) is 2.69. The topological polar surface area (TPSA) is 94.2 Å². The first-order valence-electron chi connectivity index (χ1n) is 10.9. The molecule has 1 saturated carbocycles. The molecular formula is C23H34N2O6. The number of ether oxygens (including phenoxy) is 3. The smallest absolute Gasteiger partial charge is 0.410 e. The van der Waals surface area contributed by atoms with Crippen molar-refractivity contribution < 1.29 is 28.6 Å². The number of nitrogens with zero attached hydrogens (tertiary/aromatic N) is 1. The Kier molecular flexibility index (Phi) is 11.0. The second-order valence-electron chi connectivity index (χ2n) is 7.66. The van der Waals surface area contributed by atoms with E-state index in [1.807, 2.05) is 30.3 Å². The van der Waals surface area contributed by atoms with E-state index >= 15 is 0 Å². The Bertz CT molecular complexity index is 689. The maximum absolute atomic E-state index is 12.3. The van der Waals surface area contributed by atoms with Gasteiger partial charge in [0, 0.05) is 19.6 Å². The van der Waals surface area contributed by atoms with Crippen LogP contribution in [0, 0.1) is 0 Å². The summed E-state index contributed by atoms with van der Waals surface area (Å²) in [4.78, 5) is 37.1. The number of Topliss-reactive ketones (excluding diaryl/α,β-unsaturated/α-hetero) is 1. The molecule has 8 nitrogen and oxygen atoms in total. The minimum Gasteiger partial charge on any atom is -0.466 e. The van der Waals surface area contributed by atoms with Crippen molar-refractivity contribution in [2.45, 2.75) is 57.8 Å². The molecule has 1 aromatic rings. The van der Waals surface area contributed by atoms with Crippen LogP contribution in [-0.2, 0) is 30.4 Å². The predicted molar refractivity (Wildman–Crippen MR) is 116 cm³/mol. The van der Waals surface area contributed by atoms with Crippen LogP contribution >= 0.6 is 0 Å². The molecule has 0 heterocycles. The lowest BCUT2D eigenvalue weighted by Crippen LogP contribution is -2.41. The minimum atomic E-state index is -0.322. The number of benzene rings is 1. The summed E-state index contributed by atoms with van der Waals surface area (Å²) in [6.45, 7) is 3.01. The monoisotopic (exact) mass is 434 g/mol. The summed E-state index contributed by atoms with van der Waals surface area (Å²) in [5.74, 6) is -0.322. The molecule has 1 fully saturated rings. The lowest BCUT2D eigenvalue weighted by molar-refractivity contribution is -0.143.